The Balaban J connectivity index is 1.34. The maximum absolute atomic E-state index is 12.1. The lowest BCUT2D eigenvalue weighted by Crippen LogP contribution is -2.12. The van der Waals surface area contributed by atoms with E-state index >= 15 is 0 Å². The number of aromatic nitrogens is 2. The minimum atomic E-state index is -0.0580. The Kier molecular flexibility index (Phi) is 4.30. The van der Waals surface area contributed by atoms with Crippen LogP contribution in [-0.2, 0) is 11.2 Å². The second-order valence-corrected chi connectivity index (χ2v) is 6.35. The lowest BCUT2D eigenvalue weighted by molar-refractivity contribution is -0.116. The van der Waals surface area contributed by atoms with Gasteiger partial charge < -0.3 is 14.8 Å². The molecule has 4 rings (SSSR count). The molecule has 3 aromatic rings. The summed E-state index contributed by atoms with van der Waals surface area (Å²) in [5, 5.41) is 5.80. The molecule has 3 heterocycles. The molecule has 7 heteroatoms. The van der Waals surface area contributed by atoms with E-state index in [0.29, 0.717) is 30.0 Å². The second-order valence-electron chi connectivity index (χ2n) is 5.50. The molecule has 1 aliphatic heterocycles. The van der Waals surface area contributed by atoms with Crippen molar-refractivity contribution in [3.8, 4) is 22.1 Å². The third-order valence-corrected chi connectivity index (χ3v) is 4.68. The van der Waals surface area contributed by atoms with Crippen molar-refractivity contribution in [1.29, 1.82) is 0 Å². The fourth-order valence-corrected chi connectivity index (χ4v) is 3.35. The first-order chi connectivity index (χ1) is 12.3. The highest BCUT2D eigenvalue weighted by atomic mass is 32.1. The number of benzene rings is 1. The third-order valence-electron chi connectivity index (χ3n) is 3.74. The number of hydrogen-bond acceptors (Lipinski definition) is 6. The average molecular weight is 353 g/mol. The minimum Gasteiger partial charge on any atom is -0.454 e. The van der Waals surface area contributed by atoms with Gasteiger partial charge in [0.15, 0.2) is 11.5 Å². The van der Waals surface area contributed by atoms with Crippen LogP contribution in [0.4, 0.5) is 5.69 Å². The van der Waals surface area contributed by atoms with E-state index in [1.165, 1.54) is 0 Å². The van der Waals surface area contributed by atoms with Crippen LogP contribution in [0.15, 0.2) is 48.1 Å². The summed E-state index contributed by atoms with van der Waals surface area (Å²) < 4.78 is 10.6. The van der Waals surface area contributed by atoms with Gasteiger partial charge in [-0.05, 0) is 30.7 Å². The standard InChI is InChI=1S/C18H15N3O3S/c22-17(20-13-1-3-15-16(9-13)24-11-23-15)4-2-14-10-25-18(21-14)12-5-7-19-8-6-12/h1,3,5-10H,2,4,11H2,(H,20,22). The summed E-state index contributed by atoms with van der Waals surface area (Å²) in [5.41, 5.74) is 2.65. The maximum atomic E-state index is 12.1. The first kappa shape index (κ1) is 15.6. The van der Waals surface area contributed by atoms with Crippen molar-refractivity contribution in [3.05, 3.63) is 53.8 Å². The molecular formula is C18H15N3O3S. The molecule has 25 heavy (non-hydrogen) atoms. The highest BCUT2D eigenvalue weighted by Gasteiger charge is 2.14. The fraction of sp³-hybridized carbons (Fsp3) is 0.167. The van der Waals surface area contributed by atoms with E-state index in [9.17, 15) is 4.79 Å². The van der Waals surface area contributed by atoms with Crippen LogP contribution >= 0.6 is 11.3 Å². The third kappa shape index (κ3) is 3.61. The summed E-state index contributed by atoms with van der Waals surface area (Å²) in [5.74, 6) is 1.29. The van der Waals surface area contributed by atoms with Crippen LogP contribution in [0.25, 0.3) is 10.6 Å². The first-order valence-electron chi connectivity index (χ1n) is 7.82. The quantitative estimate of drug-likeness (QED) is 0.760. The maximum Gasteiger partial charge on any atom is 0.231 e. The van der Waals surface area contributed by atoms with E-state index in [4.69, 9.17) is 9.47 Å². The van der Waals surface area contributed by atoms with Gasteiger partial charge in [0.1, 0.15) is 5.01 Å². The van der Waals surface area contributed by atoms with Gasteiger partial charge in [-0.15, -0.1) is 11.3 Å². The van der Waals surface area contributed by atoms with Gasteiger partial charge in [-0.2, -0.15) is 0 Å². The first-order valence-corrected chi connectivity index (χ1v) is 8.70. The van der Waals surface area contributed by atoms with Crippen molar-refractivity contribution in [1.82, 2.24) is 9.97 Å². The van der Waals surface area contributed by atoms with Gasteiger partial charge in [-0.25, -0.2) is 4.98 Å². The summed E-state index contributed by atoms with van der Waals surface area (Å²) in [6.07, 6.45) is 4.45. The zero-order valence-electron chi connectivity index (χ0n) is 13.3. The summed E-state index contributed by atoms with van der Waals surface area (Å²) in [6.45, 7) is 0.219. The molecular weight excluding hydrogens is 338 g/mol. The molecule has 0 atom stereocenters. The molecule has 1 aliphatic rings. The number of pyridine rings is 1. The summed E-state index contributed by atoms with van der Waals surface area (Å²) in [7, 11) is 0. The molecule has 0 bridgehead atoms. The number of nitrogens with one attached hydrogen (secondary N) is 1. The Hall–Kier alpha value is -2.93. The average Bonchev–Trinajstić information content (AvgIpc) is 3.30. The zero-order chi connectivity index (χ0) is 17.1. The Morgan fingerprint density at radius 1 is 1.16 bits per heavy atom. The lowest BCUT2D eigenvalue weighted by atomic mass is 10.2. The molecule has 1 amide bonds. The van der Waals surface area contributed by atoms with Crippen molar-refractivity contribution >= 4 is 22.9 Å². The number of thiazole rings is 1. The Bertz CT molecular complexity index is 896. The van der Waals surface area contributed by atoms with Gasteiger partial charge in [-0.3, -0.25) is 9.78 Å². The van der Waals surface area contributed by atoms with E-state index in [2.05, 4.69) is 15.3 Å². The van der Waals surface area contributed by atoms with Crippen LogP contribution in [-0.4, -0.2) is 22.7 Å². The Labute approximate surface area is 148 Å². The van der Waals surface area contributed by atoms with Crippen molar-refractivity contribution in [2.75, 3.05) is 12.1 Å². The van der Waals surface area contributed by atoms with E-state index in [0.717, 1.165) is 16.3 Å². The molecule has 0 radical (unpaired) electrons. The summed E-state index contributed by atoms with van der Waals surface area (Å²) in [6, 6.07) is 9.21. The van der Waals surface area contributed by atoms with Crippen molar-refractivity contribution < 1.29 is 14.3 Å². The van der Waals surface area contributed by atoms with Crippen LogP contribution < -0.4 is 14.8 Å². The number of anilines is 1. The SMILES string of the molecule is O=C(CCc1csc(-c2ccncc2)n1)Nc1ccc2c(c1)OCO2. The van der Waals surface area contributed by atoms with Crippen molar-refractivity contribution in [3.63, 3.8) is 0 Å². The molecule has 0 saturated carbocycles. The van der Waals surface area contributed by atoms with Gasteiger partial charge in [-0.1, -0.05) is 0 Å². The van der Waals surface area contributed by atoms with Crippen molar-refractivity contribution in [2.45, 2.75) is 12.8 Å². The van der Waals surface area contributed by atoms with E-state index in [1.54, 1.807) is 41.9 Å². The van der Waals surface area contributed by atoms with Gasteiger partial charge in [0, 0.05) is 41.5 Å². The molecule has 0 unspecified atom stereocenters. The zero-order valence-corrected chi connectivity index (χ0v) is 14.1. The van der Waals surface area contributed by atoms with Gasteiger partial charge in [0.05, 0.1) is 5.69 Å². The molecule has 1 N–H and O–H groups in total. The number of carbonyl (C=O) groups excluding carboxylic acids is 1. The number of rotatable bonds is 5. The lowest BCUT2D eigenvalue weighted by Gasteiger charge is -2.05. The normalized spacial score (nSPS) is 12.2. The van der Waals surface area contributed by atoms with Gasteiger partial charge in [0.2, 0.25) is 12.7 Å². The topological polar surface area (TPSA) is 73.3 Å². The van der Waals surface area contributed by atoms with Gasteiger partial charge in [0.25, 0.3) is 0 Å². The van der Waals surface area contributed by atoms with E-state index < -0.39 is 0 Å². The molecule has 0 fully saturated rings. The van der Waals surface area contributed by atoms with Crippen LogP contribution in [0.5, 0.6) is 11.5 Å². The molecule has 0 spiro atoms. The summed E-state index contributed by atoms with van der Waals surface area (Å²) >= 11 is 1.57. The minimum absolute atomic E-state index is 0.0580. The molecule has 1 aromatic carbocycles. The molecule has 0 aliphatic carbocycles. The van der Waals surface area contributed by atoms with Crippen LogP contribution in [0.1, 0.15) is 12.1 Å². The van der Waals surface area contributed by atoms with Crippen LogP contribution in [0.2, 0.25) is 0 Å². The molecule has 126 valence electrons. The Morgan fingerprint density at radius 3 is 2.88 bits per heavy atom. The smallest absolute Gasteiger partial charge is 0.231 e. The number of hydrogen-bond donors (Lipinski definition) is 1. The number of nitrogens with zero attached hydrogens (tertiary/aromatic N) is 2. The van der Waals surface area contributed by atoms with Gasteiger partial charge >= 0.3 is 0 Å². The summed E-state index contributed by atoms with van der Waals surface area (Å²) in [4.78, 5) is 20.7. The predicted octanol–water partition coefficient (Wildman–Crippen LogP) is 3.51. The number of amides is 1. The largest absolute Gasteiger partial charge is 0.454 e. The molecule has 2 aromatic heterocycles. The van der Waals surface area contributed by atoms with Crippen molar-refractivity contribution in [2.24, 2.45) is 0 Å². The number of fused-ring (bicyclic) bond motifs is 1. The molecule has 0 saturated heterocycles. The highest BCUT2D eigenvalue weighted by Crippen LogP contribution is 2.34. The monoisotopic (exact) mass is 353 g/mol. The molecule has 6 nitrogen and oxygen atoms in total. The highest BCUT2D eigenvalue weighted by molar-refractivity contribution is 7.13. The van der Waals surface area contributed by atoms with E-state index in [-0.39, 0.29) is 12.7 Å². The van der Waals surface area contributed by atoms with Crippen LogP contribution in [0.3, 0.4) is 0 Å². The number of carbonyl (C=O) groups is 1. The second kappa shape index (κ2) is 6.90. The number of ether oxygens (including phenoxy) is 2. The Morgan fingerprint density at radius 2 is 2.00 bits per heavy atom. The predicted molar refractivity (Wildman–Crippen MR) is 94.9 cm³/mol. The van der Waals surface area contributed by atoms with Crippen LogP contribution in [0, 0.1) is 0 Å². The fourth-order valence-electron chi connectivity index (χ4n) is 2.49. The number of aryl methyl sites for hydroxylation is 1. The van der Waals surface area contributed by atoms with E-state index in [1.807, 2.05) is 17.5 Å².